The van der Waals surface area contributed by atoms with Crippen LogP contribution in [0.15, 0.2) is 34.4 Å². The van der Waals surface area contributed by atoms with Gasteiger partial charge in [0.2, 0.25) is 0 Å². The molecule has 15 heavy (non-hydrogen) atoms. The molecular weight excluding hydrogens is 274 g/mol. The van der Waals surface area contributed by atoms with E-state index in [1.165, 1.54) is 4.88 Å². The van der Waals surface area contributed by atoms with Crippen molar-refractivity contribution in [2.75, 3.05) is 0 Å². The van der Waals surface area contributed by atoms with E-state index >= 15 is 0 Å². The van der Waals surface area contributed by atoms with Gasteiger partial charge in [-0.1, -0.05) is 0 Å². The molecule has 0 atom stereocenters. The van der Waals surface area contributed by atoms with Gasteiger partial charge in [-0.15, -0.1) is 11.3 Å². The third kappa shape index (κ3) is 2.38. The van der Waals surface area contributed by atoms with Gasteiger partial charge in [-0.3, -0.25) is 4.79 Å². The van der Waals surface area contributed by atoms with Gasteiger partial charge in [0.15, 0.2) is 5.78 Å². The van der Waals surface area contributed by atoms with Crippen LogP contribution in [0.3, 0.4) is 0 Å². The van der Waals surface area contributed by atoms with Crippen LogP contribution in [0.25, 0.3) is 0 Å². The third-order valence-electron chi connectivity index (χ3n) is 2.17. The average Bonchev–Trinajstić information content (AvgIpc) is 2.77. The Morgan fingerprint density at radius 2 is 2.33 bits per heavy atom. The minimum absolute atomic E-state index is 0.110. The number of hydrogen-bond acceptors (Lipinski definition) is 2. The number of hydrogen-bond donors (Lipinski definition) is 0. The Balaban J connectivity index is 2.18. The summed E-state index contributed by atoms with van der Waals surface area (Å²) in [6.07, 6.45) is 3.82. The van der Waals surface area contributed by atoms with Crippen molar-refractivity contribution < 1.29 is 4.79 Å². The van der Waals surface area contributed by atoms with Crippen molar-refractivity contribution >= 4 is 33.0 Å². The summed E-state index contributed by atoms with van der Waals surface area (Å²) in [4.78, 5) is 12.4. The normalized spacial score (nSPS) is 10.5. The molecule has 4 heteroatoms. The van der Waals surface area contributed by atoms with E-state index in [0.717, 1.165) is 16.6 Å². The van der Waals surface area contributed by atoms with E-state index in [1.807, 2.05) is 29.1 Å². The van der Waals surface area contributed by atoms with Gasteiger partial charge in [-0.2, -0.15) is 0 Å². The monoisotopic (exact) mass is 283 g/mol. The van der Waals surface area contributed by atoms with Gasteiger partial charge in [-0.05, 0) is 40.4 Å². The molecule has 0 fully saturated rings. The zero-order valence-electron chi connectivity index (χ0n) is 8.24. The van der Waals surface area contributed by atoms with E-state index in [0.29, 0.717) is 0 Å². The molecule has 2 nitrogen and oxygen atoms in total. The van der Waals surface area contributed by atoms with Crippen molar-refractivity contribution in [2.24, 2.45) is 0 Å². The molecule has 0 N–H and O–H groups in total. The number of aromatic nitrogens is 1. The Morgan fingerprint density at radius 1 is 1.53 bits per heavy atom. The summed E-state index contributed by atoms with van der Waals surface area (Å²) in [6.45, 7) is 2.40. The second kappa shape index (κ2) is 4.33. The van der Waals surface area contributed by atoms with Crippen molar-refractivity contribution in [3.63, 3.8) is 0 Å². The molecule has 0 bridgehead atoms. The number of thiophene rings is 1. The summed E-state index contributed by atoms with van der Waals surface area (Å²) < 4.78 is 3.15. The summed E-state index contributed by atoms with van der Waals surface area (Å²) >= 11 is 5.20. The summed E-state index contributed by atoms with van der Waals surface area (Å²) in [6, 6.07) is 3.89. The van der Waals surface area contributed by atoms with Gasteiger partial charge in [-0.25, -0.2) is 0 Å². The van der Waals surface area contributed by atoms with Crippen LogP contribution in [0.2, 0.25) is 0 Å². The molecule has 0 unspecified atom stereocenters. The van der Waals surface area contributed by atoms with Crippen LogP contribution in [0.4, 0.5) is 0 Å². The molecule has 0 amide bonds. The largest absolute Gasteiger partial charge is 0.348 e. The quantitative estimate of drug-likeness (QED) is 0.790. The number of rotatable bonds is 3. The highest BCUT2D eigenvalue weighted by Crippen LogP contribution is 2.23. The molecule has 0 aliphatic carbocycles. The Bertz CT molecular complexity index is 486. The first-order chi connectivity index (χ1) is 7.16. The maximum Gasteiger partial charge on any atom is 0.161 e. The maximum atomic E-state index is 11.1. The van der Waals surface area contributed by atoms with Crippen molar-refractivity contribution in [1.29, 1.82) is 0 Å². The lowest BCUT2D eigenvalue weighted by atomic mass is 10.2. The number of halogens is 1. The molecule has 0 aliphatic heterocycles. The Hall–Kier alpha value is -0.870. The minimum atomic E-state index is 0.110. The highest BCUT2D eigenvalue weighted by molar-refractivity contribution is 9.10. The fourth-order valence-electron chi connectivity index (χ4n) is 1.35. The summed E-state index contributed by atoms with van der Waals surface area (Å²) in [5.74, 6) is 0.110. The van der Waals surface area contributed by atoms with Gasteiger partial charge >= 0.3 is 0 Å². The zero-order valence-corrected chi connectivity index (χ0v) is 10.6. The lowest BCUT2D eigenvalue weighted by Gasteiger charge is -2.00. The lowest BCUT2D eigenvalue weighted by Crippen LogP contribution is -1.95. The average molecular weight is 284 g/mol. The molecule has 2 aromatic rings. The smallest absolute Gasteiger partial charge is 0.161 e. The predicted molar refractivity (Wildman–Crippen MR) is 65.6 cm³/mol. The Morgan fingerprint density at radius 3 is 2.87 bits per heavy atom. The summed E-state index contributed by atoms with van der Waals surface area (Å²) in [5, 5.41) is 2.05. The fraction of sp³-hybridized carbons (Fsp3) is 0.182. The highest BCUT2D eigenvalue weighted by Gasteiger charge is 2.04. The summed E-state index contributed by atoms with van der Waals surface area (Å²) in [7, 11) is 0. The molecule has 0 aliphatic rings. The van der Waals surface area contributed by atoms with Crippen molar-refractivity contribution in [3.05, 3.63) is 44.8 Å². The number of Topliss-reactive ketones (excluding diaryl/α,β-unsaturated/α-hetero) is 1. The van der Waals surface area contributed by atoms with Crippen LogP contribution in [0.5, 0.6) is 0 Å². The topological polar surface area (TPSA) is 22.0 Å². The second-order valence-corrected chi connectivity index (χ2v) is 5.18. The van der Waals surface area contributed by atoms with Crippen LogP contribution in [0, 0.1) is 0 Å². The van der Waals surface area contributed by atoms with E-state index in [1.54, 1.807) is 18.3 Å². The van der Waals surface area contributed by atoms with Gasteiger partial charge in [0.25, 0.3) is 0 Å². The van der Waals surface area contributed by atoms with Gasteiger partial charge < -0.3 is 4.57 Å². The van der Waals surface area contributed by atoms with Crippen molar-refractivity contribution in [3.8, 4) is 0 Å². The molecule has 0 aromatic carbocycles. The van der Waals surface area contributed by atoms with Crippen molar-refractivity contribution in [1.82, 2.24) is 4.57 Å². The minimum Gasteiger partial charge on any atom is -0.348 e. The molecule has 0 saturated heterocycles. The first-order valence-electron chi connectivity index (χ1n) is 4.55. The van der Waals surface area contributed by atoms with E-state index in [9.17, 15) is 4.79 Å². The number of carbonyl (C=O) groups is 1. The highest BCUT2D eigenvalue weighted by atomic mass is 79.9. The number of ketones is 1. The van der Waals surface area contributed by atoms with Crippen LogP contribution in [-0.2, 0) is 6.54 Å². The standard InChI is InChI=1S/C11H10BrNOS/c1-8(14)9-2-4-13(6-9)7-11-10(12)3-5-15-11/h2-6H,7H2,1H3. The van der Waals surface area contributed by atoms with E-state index < -0.39 is 0 Å². The third-order valence-corrected chi connectivity index (χ3v) is 4.09. The fourth-order valence-corrected chi connectivity index (χ4v) is 2.84. The van der Waals surface area contributed by atoms with E-state index in [-0.39, 0.29) is 5.78 Å². The predicted octanol–water partition coefficient (Wildman–Crippen LogP) is 3.56. The maximum absolute atomic E-state index is 11.1. The van der Waals surface area contributed by atoms with Gasteiger partial charge in [0.1, 0.15) is 0 Å². The van der Waals surface area contributed by atoms with Gasteiger partial charge in [0, 0.05) is 27.3 Å². The zero-order chi connectivity index (χ0) is 10.8. The number of carbonyl (C=O) groups excluding carboxylic acids is 1. The first kappa shape index (κ1) is 10.6. The first-order valence-corrected chi connectivity index (χ1v) is 6.22. The molecule has 2 heterocycles. The van der Waals surface area contributed by atoms with Gasteiger partial charge in [0.05, 0.1) is 6.54 Å². The molecule has 2 aromatic heterocycles. The molecule has 0 saturated carbocycles. The molecule has 0 radical (unpaired) electrons. The van der Waals surface area contributed by atoms with E-state index in [2.05, 4.69) is 21.3 Å². The van der Waals surface area contributed by atoms with Crippen LogP contribution in [-0.4, -0.2) is 10.4 Å². The molecule has 0 spiro atoms. The Labute approximate surface area is 101 Å². The Kier molecular flexibility index (Phi) is 3.07. The SMILES string of the molecule is CC(=O)c1ccn(Cc2sccc2Br)c1. The summed E-state index contributed by atoms with van der Waals surface area (Å²) in [5.41, 5.74) is 0.766. The molecule has 78 valence electrons. The molecule has 2 rings (SSSR count). The van der Waals surface area contributed by atoms with Crippen LogP contribution >= 0.6 is 27.3 Å². The number of nitrogens with zero attached hydrogens (tertiary/aromatic N) is 1. The van der Waals surface area contributed by atoms with Crippen molar-refractivity contribution in [2.45, 2.75) is 13.5 Å². The second-order valence-electron chi connectivity index (χ2n) is 3.32. The lowest BCUT2D eigenvalue weighted by molar-refractivity contribution is 0.101. The van der Waals surface area contributed by atoms with Crippen LogP contribution < -0.4 is 0 Å². The molecular formula is C11H10BrNOS. The van der Waals surface area contributed by atoms with Crippen LogP contribution in [0.1, 0.15) is 22.2 Å². The van der Waals surface area contributed by atoms with E-state index in [4.69, 9.17) is 0 Å².